The molecule has 0 saturated heterocycles. The number of hydrogen-bond acceptors (Lipinski definition) is 4. The summed E-state index contributed by atoms with van der Waals surface area (Å²) < 4.78 is 1.77. The third kappa shape index (κ3) is 4.03. The lowest BCUT2D eigenvalue weighted by Crippen LogP contribution is -2.21. The third-order valence-electron chi connectivity index (χ3n) is 4.21. The highest BCUT2D eigenvalue weighted by Gasteiger charge is 2.18. The minimum absolute atomic E-state index is 0.150. The predicted octanol–water partition coefficient (Wildman–Crippen LogP) is 3.24. The zero-order valence-corrected chi connectivity index (χ0v) is 14.8. The van der Waals surface area contributed by atoms with Crippen molar-refractivity contribution in [2.24, 2.45) is 5.73 Å². The maximum atomic E-state index is 11.2. The van der Waals surface area contributed by atoms with E-state index in [4.69, 9.17) is 5.73 Å². The van der Waals surface area contributed by atoms with E-state index in [0.29, 0.717) is 0 Å². The number of aromatic nitrogens is 2. The van der Waals surface area contributed by atoms with Crippen LogP contribution >= 0.6 is 11.8 Å². The van der Waals surface area contributed by atoms with Gasteiger partial charge in [0.2, 0.25) is 0 Å². The van der Waals surface area contributed by atoms with Crippen LogP contribution in [0.3, 0.4) is 0 Å². The van der Waals surface area contributed by atoms with Gasteiger partial charge >= 0.3 is 0 Å². The number of aliphatic hydroxyl groups excluding tert-OH is 1. The summed E-state index contributed by atoms with van der Waals surface area (Å²) in [6.07, 6.45) is 3.35. The van der Waals surface area contributed by atoms with Crippen molar-refractivity contribution in [3.63, 3.8) is 0 Å². The zero-order chi connectivity index (χ0) is 17.8. The molecule has 0 radical (unpaired) electrons. The molecule has 0 aliphatic carbocycles. The number of rotatable bonds is 7. The number of carbonyl (C=O) groups excluding carboxylic acids is 1. The molecule has 3 rings (SSSR count). The molecule has 0 spiro atoms. The van der Waals surface area contributed by atoms with E-state index in [2.05, 4.69) is 35.3 Å². The van der Waals surface area contributed by atoms with Crippen molar-refractivity contribution in [2.45, 2.75) is 30.4 Å². The number of imidazole rings is 1. The van der Waals surface area contributed by atoms with Crippen molar-refractivity contribution in [1.29, 1.82) is 0 Å². The lowest BCUT2D eigenvalue weighted by molar-refractivity contribution is 0.0994. The van der Waals surface area contributed by atoms with E-state index in [1.807, 2.05) is 12.1 Å². The van der Waals surface area contributed by atoms with Gasteiger partial charge in [0.25, 0.3) is 5.91 Å². The molecule has 1 heterocycles. The van der Waals surface area contributed by atoms with Crippen molar-refractivity contribution >= 4 is 28.4 Å². The Balaban J connectivity index is 1.70. The van der Waals surface area contributed by atoms with E-state index in [9.17, 15) is 9.90 Å². The summed E-state index contributed by atoms with van der Waals surface area (Å²) >= 11 is 1.77. The molecule has 0 bridgehead atoms. The maximum absolute atomic E-state index is 11.2. The van der Waals surface area contributed by atoms with Crippen LogP contribution in [0, 0.1) is 0 Å². The lowest BCUT2D eigenvalue weighted by atomic mass is 10.1. The standard InChI is InChI=1S/C19H21N3O2S/c1-13(23)17(22-11-16(19(20)24)21-12-22)9-10-25-18-8-4-6-14-5-2-3-7-15(14)18/h2-8,11-13,17,23H,9-10H2,1H3,(H2,20,24)/t13-,17+/m0/s1. The summed E-state index contributed by atoms with van der Waals surface area (Å²) in [7, 11) is 0. The first-order chi connectivity index (χ1) is 12.1. The van der Waals surface area contributed by atoms with Crippen LogP contribution in [0.2, 0.25) is 0 Å². The normalized spacial score (nSPS) is 13.7. The van der Waals surface area contributed by atoms with Crippen LogP contribution in [0.4, 0.5) is 0 Å². The second-order valence-electron chi connectivity index (χ2n) is 5.99. The van der Waals surface area contributed by atoms with Gasteiger partial charge in [0, 0.05) is 16.8 Å². The minimum atomic E-state index is -0.562. The topological polar surface area (TPSA) is 81.1 Å². The molecule has 2 atom stereocenters. The van der Waals surface area contributed by atoms with Crippen molar-refractivity contribution < 1.29 is 9.90 Å². The smallest absolute Gasteiger partial charge is 0.268 e. The molecular formula is C19H21N3O2S. The van der Waals surface area contributed by atoms with Crippen LogP contribution in [0.25, 0.3) is 10.8 Å². The molecule has 0 unspecified atom stereocenters. The molecule has 6 heteroatoms. The van der Waals surface area contributed by atoms with Gasteiger partial charge in [0.1, 0.15) is 5.69 Å². The molecule has 3 N–H and O–H groups in total. The molecule has 0 aliphatic rings. The van der Waals surface area contributed by atoms with Crippen LogP contribution in [0.1, 0.15) is 29.9 Å². The Bertz CT molecular complexity index is 870. The van der Waals surface area contributed by atoms with E-state index >= 15 is 0 Å². The fraction of sp³-hybridized carbons (Fsp3) is 0.263. The van der Waals surface area contributed by atoms with Gasteiger partial charge < -0.3 is 15.4 Å². The van der Waals surface area contributed by atoms with Crippen molar-refractivity contribution in [1.82, 2.24) is 9.55 Å². The number of amides is 1. The summed E-state index contributed by atoms with van der Waals surface area (Å²) in [6, 6.07) is 14.4. The molecular weight excluding hydrogens is 334 g/mol. The van der Waals surface area contributed by atoms with Gasteiger partial charge in [-0.25, -0.2) is 4.98 Å². The highest BCUT2D eigenvalue weighted by Crippen LogP contribution is 2.30. The first-order valence-corrected chi connectivity index (χ1v) is 9.16. The van der Waals surface area contributed by atoms with Crippen LogP contribution in [-0.4, -0.2) is 32.4 Å². The number of benzene rings is 2. The molecule has 0 aliphatic heterocycles. The Kier molecular flexibility index (Phi) is 5.40. The van der Waals surface area contributed by atoms with E-state index in [1.54, 1.807) is 35.8 Å². The van der Waals surface area contributed by atoms with Gasteiger partial charge in [-0.15, -0.1) is 11.8 Å². The number of hydrogen-bond donors (Lipinski definition) is 2. The summed E-state index contributed by atoms with van der Waals surface area (Å²) in [5.41, 5.74) is 5.47. The first kappa shape index (κ1) is 17.5. The SMILES string of the molecule is C[C@H](O)[C@@H](CCSc1cccc2ccccc12)n1cnc(C(N)=O)c1. The maximum Gasteiger partial charge on any atom is 0.268 e. The quantitative estimate of drug-likeness (QED) is 0.638. The minimum Gasteiger partial charge on any atom is -0.391 e. The number of thioether (sulfide) groups is 1. The van der Waals surface area contributed by atoms with E-state index in [-0.39, 0.29) is 11.7 Å². The van der Waals surface area contributed by atoms with Gasteiger partial charge in [-0.3, -0.25) is 4.79 Å². The van der Waals surface area contributed by atoms with E-state index in [1.165, 1.54) is 15.7 Å². The van der Waals surface area contributed by atoms with Crippen LogP contribution < -0.4 is 5.73 Å². The van der Waals surface area contributed by atoms with Crippen LogP contribution in [0.5, 0.6) is 0 Å². The molecule has 25 heavy (non-hydrogen) atoms. The number of primary amides is 1. The van der Waals surface area contributed by atoms with Crippen LogP contribution in [0.15, 0.2) is 59.9 Å². The first-order valence-electron chi connectivity index (χ1n) is 8.18. The van der Waals surface area contributed by atoms with Crippen molar-refractivity contribution in [3.8, 4) is 0 Å². The highest BCUT2D eigenvalue weighted by atomic mass is 32.2. The molecule has 5 nitrogen and oxygen atoms in total. The number of fused-ring (bicyclic) bond motifs is 1. The Labute approximate surface area is 150 Å². The summed E-state index contributed by atoms with van der Waals surface area (Å²) in [6.45, 7) is 1.75. The predicted molar refractivity (Wildman–Crippen MR) is 101 cm³/mol. The highest BCUT2D eigenvalue weighted by molar-refractivity contribution is 7.99. The average molecular weight is 355 g/mol. The number of aliphatic hydroxyl groups is 1. The fourth-order valence-electron chi connectivity index (χ4n) is 2.90. The largest absolute Gasteiger partial charge is 0.391 e. The Morgan fingerprint density at radius 3 is 2.76 bits per heavy atom. The Hall–Kier alpha value is -2.31. The lowest BCUT2D eigenvalue weighted by Gasteiger charge is -2.21. The fourth-order valence-corrected chi connectivity index (χ4v) is 3.99. The van der Waals surface area contributed by atoms with Gasteiger partial charge in [0.15, 0.2) is 0 Å². The summed E-state index contributed by atoms with van der Waals surface area (Å²) in [5.74, 6) is 0.279. The molecule has 1 aromatic heterocycles. The second-order valence-corrected chi connectivity index (χ2v) is 7.13. The molecule has 0 fully saturated rings. The summed E-state index contributed by atoms with van der Waals surface area (Å²) in [5, 5.41) is 12.6. The second kappa shape index (κ2) is 7.72. The number of carbonyl (C=O) groups is 1. The average Bonchev–Trinajstić information content (AvgIpc) is 3.08. The number of nitrogens with zero attached hydrogens (tertiary/aromatic N) is 2. The van der Waals surface area contributed by atoms with Gasteiger partial charge in [-0.1, -0.05) is 36.4 Å². The van der Waals surface area contributed by atoms with Gasteiger partial charge in [0.05, 0.1) is 18.5 Å². The van der Waals surface area contributed by atoms with Gasteiger partial charge in [-0.2, -0.15) is 0 Å². The van der Waals surface area contributed by atoms with Crippen LogP contribution in [-0.2, 0) is 0 Å². The number of nitrogens with two attached hydrogens (primary N) is 1. The van der Waals surface area contributed by atoms with Crippen molar-refractivity contribution in [3.05, 3.63) is 60.7 Å². The third-order valence-corrected chi connectivity index (χ3v) is 5.32. The van der Waals surface area contributed by atoms with E-state index < -0.39 is 12.0 Å². The molecule has 3 aromatic rings. The molecule has 0 saturated carbocycles. The Morgan fingerprint density at radius 2 is 2.04 bits per heavy atom. The Morgan fingerprint density at radius 1 is 1.28 bits per heavy atom. The molecule has 130 valence electrons. The monoisotopic (exact) mass is 355 g/mol. The summed E-state index contributed by atoms with van der Waals surface area (Å²) in [4.78, 5) is 16.4. The zero-order valence-electron chi connectivity index (χ0n) is 14.0. The van der Waals surface area contributed by atoms with E-state index in [0.717, 1.165) is 12.2 Å². The van der Waals surface area contributed by atoms with Crippen molar-refractivity contribution in [2.75, 3.05) is 5.75 Å². The molecule has 1 amide bonds. The van der Waals surface area contributed by atoms with Gasteiger partial charge in [-0.05, 0) is 30.2 Å². The molecule has 2 aromatic carbocycles.